The molecule has 0 spiro atoms. The minimum absolute atomic E-state index is 0.0477. The van der Waals surface area contributed by atoms with Crippen LogP contribution in [0.2, 0.25) is 0 Å². The summed E-state index contributed by atoms with van der Waals surface area (Å²) in [6.07, 6.45) is 1.96. The number of aromatic carboxylic acids is 1. The zero-order valence-corrected chi connectivity index (χ0v) is 17.7. The summed E-state index contributed by atoms with van der Waals surface area (Å²) in [5.74, 6) is -1.58. The molecule has 0 fully saturated rings. The van der Waals surface area contributed by atoms with Gasteiger partial charge in [-0.05, 0) is 62.1 Å². The number of benzene rings is 2. The molecule has 0 aromatic heterocycles. The molecule has 0 saturated carbocycles. The molecule has 0 aliphatic carbocycles. The Labute approximate surface area is 181 Å². The maximum absolute atomic E-state index is 13.0. The van der Waals surface area contributed by atoms with Crippen molar-refractivity contribution in [3.8, 4) is 5.75 Å². The Morgan fingerprint density at radius 3 is 2.48 bits per heavy atom. The molecule has 1 aliphatic heterocycles. The summed E-state index contributed by atoms with van der Waals surface area (Å²) in [6.45, 7) is 4.14. The molecule has 2 aromatic rings. The van der Waals surface area contributed by atoms with Crippen molar-refractivity contribution >= 4 is 17.6 Å². The number of cyclic esters (lactones) is 1. The van der Waals surface area contributed by atoms with Crippen molar-refractivity contribution in [3.63, 3.8) is 0 Å². The van der Waals surface area contributed by atoms with Gasteiger partial charge in [0, 0.05) is 18.7 Å². The van der Waals surface area contributed by atoms with E-state index < -0.39 is 17.5 Å². The Bertz CT molecular complexity index is 997. The van der Waals surface area contributed by atoms with E-state index in [4.69, 9.17) is 4.74 Å². The number of carboxylic acids is 1. The highest BCUT2D eigenvalue weighted by molar-refractivity contribution is 5.95. The number of aryl methyl sites for hydroxylation is 1. The number of carbonyl (C=O) groups is 2. The predicted molar refractivity (Wildman–Crippen MR) is 116 cm³/mol. The maximum Gasteiger partial charge on any atom is 0.359 e. The number of aliphatic hydroxyl groups is 1. The third-order valence-corrected chi connectivity index (χ3v) is 5.35. The van der Waals surface area contributed by atoms with Gasteiger partial charge in [-0.1, -0.05) is 25.1 Å². The van der Waals surface area contributed by atoms with E-state index in [1.54, 1.807) is 36.1 Å². The fraction of sp³-hybridized carbons (Fsp3) is 0.333. The first-order valence-corrected chi connectivity index (χ1v) is 10.3. The number of phenols is 1. The Balaban J connectivity index is 1.84. The molecule has 7 nitrogen and oxygen atoms in total. The maximum atomic E-state index is 13.0. The average Bonchev–Trinajstić information content (AvgIpc) is 2.72. The quantitative estimate of drug-likeness (QED) is 0.538. The predicted octanol–water partition coefficient (Wildman–Crippen LogP) is 4.41. The first-order chi connectivity index (χ1) is 14.7. The second-order valence-corrected chi connectivity index (χ2v) is 7.99. The molecule has 0 bridgehead atoms. The summed E-state index contributed by atoms with van der Waals surface area (Å²) in [5, 5.41) is 29.5. The summed E-state index contributed by atoms with van der Waals surface area (Å²) >= 11 is 0. The highest BCUT2D eigenvalue weighted by Crippen LogP contribution is 2.35. The summed E-state index contributed by atoms with van der Waals surface area (Å²) in [5.41, 5.74) is 0.770. The molecule has 3 rings (SSSR count). The number of esters is 1. The molecule has 7 heteroatoms. The van der Waals surface area contributed by atoms with Crippen LogP contribution in [0.4, 0.5) is 5.69 Å². The van der Waals surface area contributed by atoms with E-state index in [1.807, 2.05) is 19.1 Å². The minimum atomic E-state index is -1.07. The van der Waals surface area contributed by atoms with E-state index in [0.29, 0.717) is 31.5 Å². The van der Waals surface area contributed by atoms with Crippen molar-refractivity contribution in [2.24, 2.45) is 0 Å². The number of ether oxygens (including phenoxy) is 1. The van der Waals surface area contributed by atoms with E-state index in [0.717, 1.165) is 5.56 Å². The second-order valence-electron chi connectivity index (χ2n) is 7.99. The van der Waals surface area contributed by atoms with Crippen LogP contribution >= 0.6 is 0 Å². The average molecular weight is 425 g/mol. The number of rotatable bonds is 8. The lowest BCUT2D eigenvalue weighted by molar-refractivity contribution is -0.157. The third kappa shape index (κ3) is 5.17. The van der Waals surface area contributed by atoms with Gasteiger partial charge >= 0.3 is 11.9 Å². The van der Waals surface area contributed by atoms with Crippen molar-refractivity contribution in [2.75, 3.05) is 11.4 Å². The van der Waals surface area contributed by atoms with E-state index in [9.17, 15) is 24.9 Å². The molecule has 2 aromatic carbocycles. The van der Waals surface area contributed by atoms with Crippen LogP contribution in [-0.2, 0) is 16.0 Å². The molecular weight excluding hydrogens is 398 g/mol. The molecule has 1 unspecified atom stereocenters. The molecule has 0 saturated heterocycles. The first kappa shape index (κ1) is 22.2. The van der Waals surface area contributed by atoms with Crippen LogP contribution in [0.25, 0.3) is 0 Å². The van der Waals surface area contributed by atoms with Crippen LogP contribution in [0.5, 0.6) is 5.75 Å². The highest BCUT2D eigenvalue weighted by Gasteiger charge is 2.40. The van der Waals surface area contributed by atoms with Crippen LogP contribution in [-0.4, -0.2) is 39.4 Å². The molecule has 3 N–H and O–H groups in total. The molecular formula is C24H27NO6. The van der Waals surface area contributed by atoms with Crippen molar-refractivity contribution in [2.45, 2.75) is 45.1 Å². The molecule has 164 valence electrons. The van der Waals surface area contributed by atoms with Gasteiger partial charge in [0.1, 0.15) is 17.1 Å². The second kappa shape index (κ2) is 9.12. The third-order valence-electron chi connectivity index (χ3n) is 5.35. The summed E-state index contributed by atoms with van der Waals surface area (Å²) in [4.78, 5) is 25.9. The first-order valence-electron chi connectivity index (χ1n) is 10.3. The van der Waals surface area contributed by atoms with Gasteiger partial charge in [0.05, 0.1) is 5.56 Å². The standard InChI is InChI=1S/C24H27NO6/c1-3-13-25(18-6-4-5-17(14-18)22(28)29)21-20(27)15-24(2,31-23(21)30)12-11-16-7-9-19(26)10-8-16/h4-10,14,26-27H,3,11-13,15H2,1-2H3,(H,28,29). The number of hydrogen-bond donors (Lipinski definition) is 3. The van der Waals surface area contributed by atoms with Crippen molar-refractivity contribution in [1.29, 1.82) is 0 Å². The van der Waals surface area contributed by atoms with Crippen LogP contribution < -0.4 is 4.90 Å². The lowest BCUT2D eigenvalue weighted by Gasteiger charge is -2.37. The van der Waals surface area contributed by atoms with Crippen molar-refractivity contribution < 1.29 is 29.6 Å². The van der Waals surface area contributed by atoms with E-state index in [2.05, 4.69) is 0 Å². The van der Waals surface area contributed by atoms with Crippen LogP contribution in [0.15, 0.2) is 60.0 Å². The molecule has 0 radical (unpaired) electrons. The smallest absolute Gasteiger partial charge is 0.359 e. The number of anilines is 1. The largest absolute Gasteiger partial charge is 0.510 e. The fourth-order valence-electron chi connectivity index (χ4n) is 3.74. The molecule has 1 heterocycles. The van der Waals surface area contributed by atoms with Gasteiger partial charge in [0.15, 0.2) is 5.70 Å². The number of nitrogens with zero attached hydrogens (tertiary/aromatic N) is 1. The van der Waals surface area contributed by atoms with Crippen LogP contribution in [0.3, 0.4) is 0 Å². The van der Waals surface area contributed by atoms with Gasteiger partial charge < -0.3 is 25.0 Å². The lowest BCUT2D eigenvalue weighted by atomic mass is 9.90. The molecule has 1 atom stereocenters. The Morgan fingerprint density at radius 1 is 1.16 bits per heavy atom. The van der Waals surface area contributed by atoms with Crippen molar-refractivity contribution in [1.82, 2.24) is 0 Å². The highest BCUT2D eigenvalue weighted by atomic mass is 16.6. The van der Waals surface area contributed by atoms with Gasteiger partial charge in [-0.2, -0.15) is 0 Å². The SMILES string of the molecule is CCCN(C1=C(O)CC(C)(CCc2ccc(O)cc2)OC1=O)c1cccc(C(=O)O)c1. The molecule has 1 aliphatic rings. The van der Waals surface area contributed by atoms with Gasteiger partial charge in [-0.15, -0.1) is 0 Å². The summed E-state index contributed by atoms with van der Waals surface area (Å²) in [6, 6.07) is 13.1. The number of hydrogen-bond acceptors (Lipinski definition) is 6. The Morgan fingerprint density at radius 2 is 1.87 bits per heavy atom. The van der Waals surface area contributed by atoms with E-state index >= 15 is 0 Å². The summed E-state index contributed by atoms with van der Waals surface area (Å²) in [7, 11) is 0. The van der Waals surface area contributed by atoms with Gasteiger partial charge in [-0.25, -0.2) is 9.59 Å². The Kier molecular flexibility index (Phi) is 6.53. The monoisotopic (exact) mass is 425 g/mol. The fourth-order valence-corrected chi connectivity index (χ4v) is 3.74. The number of aliphatic hydroxyl groups excluding tert-OH is 1. The number of phenolic OH excluding ortho intramolecular Hbond substituents is 1. The summed E-state index contributed by atoms with van der Waals surface area (Å²) < 4.78 is 5.76. The normalized spacial score (nSPS) is 18.6. The topological polar surface area (TPSA) is 107 Å². The lowest BCUT2D eigenvalue weighted by Crippen LogP contribution is -2.43. The van der Waals surface area contributed by atoms with Gasteiger partial charge in [0.25, 0.3) is 0 Å². The minimum Gasteiger partial charge on any atom is -0.510 e. The zero-order chi connectivity index (χ0) is 22.6. The van der Waals surface area contributed by atoms with Gasteiger partial charge in [0.2, 0.25) is 0 Å². The Hall–Kier alpha value is -3.48. The molecule has 0 amide bonds. The van der Waals surface area contributed by atoms with Gasteiger partial charge in [-0.3, -0.25) is 0 Å². The number of carboxylic acid groups (broad SMARTS) is 1. The van der Waals surface area contributed by atoms with E-state index in [-0.39, 0.29) is 29.2 Å². The molecule has 31 heavy (non-hydrogen) atoms. The van der Waals surface area contributed by atoms with Crippen LogP contribution in [0, 0.1) is 0 Å². The van der Waals surface area contributed by atoms with E-state index in [1.165, 1.54) is 12.1 Å². The number of carbonyl (C=O) groups excluding carboxylic acids is 1. The van der Waals surface area contributed by atoms with Crippen molar-refractivity contribution in [3.05, 3.63) is 71.1 Å². The zero-order valence-electron chi connectivity index (χ0n) is 17.7. The number of aromatic hydroxyl groups is 1. The van der Waals surface area contributed by atoms with Crippen LogP contribution in [0.1, 0.15) is 49.0 Å².